The molecule has 0 heteroatoms. The predicted octanol–water partition coefficient (Wildman–Crippen LogP) is 4.87. The molecule has 14 heavy (non-hydrogen) atoms. The summed E-state index contributed by atoms with van der Waals surface area (Å²) in [5.41, 5.74) is 1.51. The van der Waals surface area contributed by atoms with Crippen LogP contribution in [0.4, 0.5) is 0 Å². The van der Waals surface area contributed by atoms with Gasteiger partial charge in [0.15, 0.2) is 0 Å². The molecule has 0 amide bonds. The summed E-state index contributed by atoms with van der Waals surface area (Å²) in [5, 5.41) is 0. The highest BCUT2D eigenvalue weighted by molar-refractivity contribution is 5.06. The van der Waals surface area contributed by atoms with Gasteiger partial charge in [0.2, 0.25) is 0 Å². The van der Waals surface area contributed by atoms with Crippen LogP contribution in [0.1, 0.15) is 58.3 Å². The van der Waals surface area contributed by atoms with E-state index in [-0.39, 0.29) is 0 Å². The molecule has 1 aliphatic carbocycles. The second-order valence-corrected chi connectivity index (χ2v) is 4.45. The molecule has 0 heterocycles. The van der Waals surface area contributed by atoms with E-state index in [9.17, 15) is 0 Å². The summed E-state index contributed by atoms with van der Waals surface area (Å²) in [6.45, 7) is 6.51. The van der Waals surface area contributed by atoms with Gasteiger partial charge in [0, 0.05) is 0 Å². The standard InChI is InChI=1S/C14H24/c1-3-4-5-7-10-13(2)14-11-8-6-9-12-14/h6,8,14H,2-5,7,9-12H2,1H3. The van der Waals surface area contributed by atoms with Gasteiger partial charge in [-0.3, -0.25) is 0 Å². The summed E-state index contributed by atoms with van der Waals surface area (Å²) in [6, 6.07) is 0. The summed E-state index contributed by atoms with van der Waals surface area (Å²) >= 11 is 0. The molecule has 1 unspecified atom stereocenters. The normalized spacial score (nSPS) is 21.1. The van der Waals surface area contributed by atoms with E-state index >= 15 is 0 Å². The Kier molecular flexibility index (Phi) is 5.66. The number of hydrogen-bond donors (Lipinski definition) is 0. The maximum atomic E-state index is 4.24. The molecule has 0 nitrogen and oxygen atoms in total. The second kappa shape index (κ2) is 6.86. The van der Waals surface area contributed by atoms with Crippen molar-refractivity contribution >= 4 is 0 Å². The Balaban J connectivity index is 2.11. The van der Waals surface area contributed by atoms with E-state index in [2.05, 4.69) is 25.7 Å². The number of allylic oxidation sites excluding steroid dienone is 3. The van der Waals surface area contributed by atoms with Crippen molar-refractivity contribution in [3.05, 3.63) is 24.3 Å². The molecule has 0 saturated carbocycles. The second-order valence-electron chi connectivity index (χ2n) is 4.45. The van der Waals surface area contributed by atoms with E-state index in [4.69, 9.17) is 0 Å². The average Bonchev–Trinajstić information content (AvgIpc) is 2.25. The highest BCUT2D eigenvalue weighted by atomic mass is 14.2. The van der Waals surface area contributed by atoms with Crippen LogP contribution < -0.4 is 0 Å². The minimum atomic E-state index is 0.793. The van der Waals surface area contributed by atoms with Crippen molar-refractivity contribution in [1.82, 2.24) is 0 Å². The zero-order valence-electron chi connectivity index (χ0n) is 9.60. The largest absolute Gasteiger partial charge is 0.0996 e. The number of rotatable bonds is 6. The van der Waals surface area contributed by atoms with Crippen LogP contribution in [0.3, 0.4) is 0 Å². The maximum absolute atomic E-state index is 4.24. The summed E-state index contributed by atoms with van der Waals surface area (Å²) in [5.74, 6) is 0.793. The van der Waals surface area contributed by atoms with Gasteiger partial charge in [-0.1, -0.05) is 50.5 Å². The Labute approximate surface area is 89.1 Å². The molecular weight excluding hydrogens is 168 g/mol. The number of hydrogen-bond acceptors (Lipinski definition) is 0. The first-order valence-electron chi connectivity index (χ1n) is 6.17. The lowest BCUT2D eigenvalue weighted by Crippen LogP contribution is -2.05. The smallest absolute Gasteiger partial charge is 0.0168 e. The van der Waals surface area contributed by atoms with Crippen molar-refractivity contribution in [2.24, 2.45) is 5.92 Å². The van der Waals surface area contributed by atoms with E-state index in [1.807, 2.05) is 0 Å². The molecule has 0 N–H and O–H groups in total. The van der Waals surface area contributed by atoms with Gasteiger partial charge in [-0.2, -0.15) is 0 Å². The van der Waals surface area contributed by atoms with Crippen LogP contribution in [-0.4, -0.2) is 0 Å². The van der Waals surface area contributed by atoms with Gasteiger partial charge in [-0.25, -0.2) is 0 Å². The lowest BCUT2D eigenvalue weighted by Gasteiger charge is -2.20. The third kappa shape index (κ3) is 4.13. The summed E-state index contributed by atoms with van der Waals surface area (Å²) < 4.78 is 0. The highest BCUT2D eigenvalue weighted by Crippen LogP contribution is 2.27. The van der Waals surface area contributed by atoms with Gasteiger partial charge >= 0.3 is 0 Å². The van der Waals surface area contributed by atoms with Gasteiger partial charge in [0.05, 0.1) is 0 Å². The van der Waals surface area contributed by atoms with Gasteiger partial charge < -0.3 is 0 Å². The van der Waals surface area contributed by atoms with Crippen molar-refractivity contribution in [2.45, 2.75) is 58.3 Å². The molecule has 0 aromatic rings. The Morgan fingerprint density at radius 1 is 1.29 bits per heavy atom. The summed E-state index contributed by atoms with van der Waals surface area (Å²) in [7, 11) is 0. The Morgan fingerprint density at radius 2 is 2.14 bits per heavy atom. The van der Waals surface area contributed by atoms with E-state index in [1.165, 1.54) is 56.9 Å². The van der Waals surface area contributed by atoms with Crippen molar-refractivity contribution < 1.29 is 0 Å². The quantitative estimate of drug-likeness (QED) is 0.416. The molecule has 0 bridgehead atoms. The average molecular weight is 192 g/mol. The minimum Gasteiger partial charge on any atom is -0.0996 e. The van der Waals surface area contributed by atoms with Crippen LogP contribution in [0.2, 0.25) is 0 Å². The fraction of sp³-hybridized carbons (Fsp3) is 0.714. The number of unbranched alkanes of at least 4 members (excludes halogenated alkanes) is 3. The molecule has 0 spiro atoms. The first-order chi connectivity index (χ1) is 6.84. The zero-order chi connectivity index (χ0) is 10.2. The lowest BCUT2D eigenvalue weighted by molar-refractivity contribution is 0.522. The fourth-order valence-electron chi connectivity index (χ4n) is 2.15. The van der Waals surface area contributed by atoms with Crippen molar-refractivity contribution in [2.75, 3.05) is 0 Å². The molecule has 80 valence electrons. The molecule has 1 rings (SSSR count). The van der Waals surface area contributed by atoms with Gasteiger partial charge in [0.1, 0.15) is 0 Å². The first kappa shape index (κ1) is 11.6. The monoisotopic (exact) mass is 192 g/mol. The molecular formula is C14H24. The topological polar surface area (TPSA) is 0 Å². The molecule has 0 aliphatic heterocycles. The lowest BCUT2D eigenvalue weighted by atomic mass is 9.86. The molecule has 1 aliphatic rings. The summed E-state index contributed by atoms with van der Waals surface area (Å²) in [4.78, 5) is 0. The predicted molar refractivity (Wildman–Crippen MR) is 64.4 cm³/mol. The molecule has 1 atom stereocenters. The first-order valence-corrected chi connectivity index (χ1v) is 6.17. The van der Waals surface area contributed by atoms with Crippen LogP contribution in [0.25, 0.3) is 0 Å². The third-order valence-electron chi connectivity index (χ3n) is 3.20. The Hall–Kier alpha value is -0.520. The van der Waals surface area contributed by atoms with E-state index in [0.29, 0.717) is 0 Å². The zero-order valence-corrected chi connectivity index (χ0v) is 9.60. The van der Waals surface area contributed by atoms with Crippen LogP contribution in [-0.2, 0) is 0 Å². The van der Waals surface area contributed by atoms with Crippen molar-refractivity contribution in [3.63, 3.8) is 0 Å². The molecule has 0 radical (unpaired) electrons. The molecule has 0 aromatic heterocycles. The van der Waals surface area contributed by atoms with Gasteiger partial charge in [0.25, 0.3) is 0 Å². The summed E-state index contributed by atoms with van der Waals surface area (Å²) in [6.07, 6.45) is 15.2. The molecule has 0 fully saturated rings. The Morgan fingerprint density at radius 3 is 2.79 bits per heavy atom. The Bertz CT molecular complexity index is 188. The van der Waals surface area contributed by atoms with Crippen LogP contribution >= 0.6 is 0 Å². The van der Waals surface area contributed by atoms with Crippen LogP contribution in [0.15, 0.2) is 24.3 Å². The van der Waals surface area contributed by atoms with Crippen molar-refractivity contribution in [1.29, 1.82) is 0 Å². The van der Waals surface area contributed by atoms with E-state index in [0.717, 1.165) is 5.92 Å². The molecule has 0 aromatic carbocycles. The third-order valence-corrected chi connectivity index (χ3v) is 3.20. The molecule has 0 saturated heterocycles. The van der Waals surface area contributed by atoms with E-state index in [1.54, 1.807) is 0 Å². The maximum Gasteiger partial charge on any atom is -0.0168 e. The van der Waals surface area contributed by atoms with Gasteiger partial charge in [-0.05, 0) is 38.0 Å². The van der Waals surface area contributed by atoms with Crippen LogP contribution in [0.5, 0.6) is 0 Å². The fourth-order valence-corrected chi connectivity index (χ4v) is 2.15. The van der Waals surface area contributed by atoms with E-state index < -0.39 is 0 Å². The SMILES string of the molecule is C=C(CCCCCC)C1CC=CCC1. The highest BCUT2D eigenvalue weighted by Gasteiger charge is 2.12. The minimum absolute atomic E-state index is 0.793. The van der Waals surface area contributed by atoms with Gasteiger partial charge in [-0.15, -0.1) is 0 Å². The van der Waals surface area contributed by atoms with Crippen LogP contribution in [0, 0.1) is 5.92 Å². The van der Waals surface area contributed by atoms with Crippen molar-refractivity contribution in [3.8, 4) is 0 Å².